The summed E-state index contributed by atoms with van der Waals surface area (Å²) < 4.78 is 12.7. The maximum Gasteiger partial charge on any atom is 0.233 e. The second-order valence-corrected chi connectivity index (χ2v) is 9.34. The Balaban J connectivity index is 1.46. The van der Waals surface area contributed by atoms with Crippen molar-refractivity contribution in [2.24, 2.45) is 0 Å². The molecule has 7 heteroatoms. The van der Waals surface area contributed by atoms with Crippen molar-refractivity contribution in [3.05, 3.63) is 96.2 Å². The smallest absolute Gasteiger partial charge is 0.233 e. The topological polar surface area (TPSA) is 56.6 Å². The van der Waals surface area contributed by atoms with E-state index in [1.165, 1.54) is 0 Å². The number of hydrogen-bond donors (Lipinski definition) is 0. The van der Waals surface area contributed by atoms with Crippen molar-refractivity contribution in [1.29, 1.82) is 0 Å². The average molecular weight is 486 g/mol. The van der Waals surface area contributed by atoms with Crippen LogP contribution in [-0.2, 0) is 11.2 Å². The molecule has 0 unspecified atom stereocenters. The van der Waals surface area contributed by atoms with Gasteiger partial charge in [-0.3, -0.25) is 4.79 Å². The monoisotopic (exact) mass is 485 g/mol. The van der Waals surface area contributed by atoms with Crippen LogP contribution in [0.2, 0.25) is 0 Å². The number of nitrogens with zero attached hydrogens (tertiary/aromatic N) is 3. The van der Waals surface area contributed by atoms with Gasteiger partial charge < -0.3 is 14.4 Å². The van der Waals surface area contributed by atoms with Gasteiger partial charge in [0.05, 0.1) is 31.4 Å². The van der Waals surface area contributed by atoms with Gasteiger partial charge in [0.2, 0.25) is 5.91 Å². The molecule has 1 fully saturated rings. The van der Waals surface area contributed by atoms with E-state index in [-0.39, 0.29) is 11.3 Å². The summed E-state index contributed by atoms with van der Waals surface area (Å²) in [5.74, 6) is 2.00. The number of hydrogen-bond acceptors (Lipinski definition) is 5. The van der Waals surface area contributed by atoms with E-state index in [9.17, 15) is 4.79 Å². The van der Waals surface area contributed by atoms with Crippen LogP contribution in [0, 0.1) is 0 Å². The number of aromatic nitrogens is 2. The highest BCUT2D eigenvalue weighted by Crippen LogP contribution is 2.43. The molecule has 0 spiro atoms. The van der Waals surface area contributed by atoms with E-state index < -0.39 is 0 Å². The second kappa shape index (κ2) is 10.3. The highest BCUT2D eigenvalue weighted by molar-refractivity contribution is 8.00. The summed E-state index contributed by atoms with van der Waals surface area (Å²) in [7, 11) is 3.26. The van der Waals surface area contributed by atoms with Crippen molar-refractivity contribution in [3.8, 4) is 28.4 Å². The number of methoxy groups -OCH3 is 2. The molecule has 0 aliphatic carbocycles. The predicted octanol–water partition coefficient (Wildman–Crippen LogP) is 5.37. The van der Waals surface area contributed by atoms with Gasteiger partial charge in [0.15, 0.2) is 11.5 Å². The lowest BCUT2D eigenvalue weighted by atomic mass is 10.1. The average Bonchev–Trinajstić information content (AvgIpc) is 3.52. The molecule has 1 amide bonds. The van der Waals surface area contributed by atoms with Crippen LogP contribution >= 0.6 is 11.8 Å². The fourth-order valence-corrected chi connectivity index (χ4v) is 5.56. The molecule has 1 saturated heterocycles. The van der Waals surface area contributed by atoms with Crippen molar-refractivity contribution < 1.29 is 14.3 Å². The van der Waals surface area contributed by atoms with Crippen molar-refractivity contribution in [2.75, 3.05) is 26.5 Å². The molecule has 35 heavy (non-hydrogen) atoms. The molecular formula is C28H27N3O3S. The Labute approximate surface area is 209 Å². The Hall–Kier alpha value is -3.71. The lowest BCUT2D eigenvalue weighted by Crippen LogP contribution is -2.30. The fraction of sp³-hybridized carbons (Fsp3) is 0.214. The standard InChI is InChI=1S/C28H27N3O3S/c1-33-24-14-13-20(17-25(24)34-2)15-16-30-26(32)19-35-28(30)23-18-31(22-11-7-4-8-12-22)29-27(23)21-9-5-3-6-10-21/h3-14,17-18,28H,15-16,19H2,1-2H3/t28-/m0/s1. The number of benzene rings is 3. The summed E-state index contributed by atoms with van der Waals surface area (Å²) in [5, 5.41) is 4.85. The van der Waals surface area contributed by atoms with Gasteiger partial charge in [-0.2, -0.15) is 5.10 Å². The van der Waals surface area contributed by atoms with Crippen LogP contribution < -0.4 is 9.47 Å². The summed E-state index contributed by atoms with van der Waals surface area (Å²) >= 11 is 1.66. The Morgan fingerprint density at radius 3 is 2.37 bits per heavy atom. The zero-order chi connectivity index (χ0) is 24.2. The molecule has 178 valence electrons. The van der Waals surface area contributed by atoms with Crippen molar-refractivity contribution in [1.82, 2.24) is 14.7 Å². The largest absolute Gasteiger partial charge is 0.493 e. The van der Waals surface area contributed by atoms with Crippen LogP contribution in [0.15, 0.2) is 85.1 Å². The predicted molar refractivity (Wildman–Crippen MR) is 139 cm³/mol. The number of thioether (sulfide) groups is 1. The van der Waals surface area contributed by atoms with Gasteiger partial charge in [0.25, 0.3) is 0 Å². The molecule has 3 aromatic carbocycles. The SMILES string of the molecule is COc1ccc(CCN2C(=O)CS[C@H]2c2cn(-c3ccccc3)nc2-c2ccccc2)cc1OC. The lowest BCUT2D eigenvalue weighted by molar-refractivity contribution is -0.128. The zero-order valence-corrected chi connectivity index (χ0v) is 20.6. The number of carbonyl (C=O) groups excluding carboxylic acids is 1. The molecule has 5 rings (SSSR count). The minimum Gasteiger partial charge on any atom is -0.493 e. The Morgan fingerprint density at radius 1 is 0.943 bits per heavy atom. The quantitative estimate of drug-likeness (QED) is 0.336. The van der Waals surface area contributed by atoms with Gasteiger partial charge in [0, 0.05) is 23.9 Å². The van der Waals surface area contributed by atoms with E-state index in [1.807, 2.05) is 76.3 Å². The summed E-state index contributed by atoms with van der Waals surface area (Å²) in [6, 6.07) is 26.1. The minimum atomic E-state index is -0.102. The van der Waals surface area contributed by atoms with E-state index in [2.05, 4.69) is 18.3 Å². The molecule has 1 atom stereocenters. The number of amides is 1. The molecule has 6 nitrogen and oxygen atoms in total. The molecule has 1 aliphatic rings. The molecule has 1 aromatic heterocycles. The molecule has 0 bridgehead atoms. The molecule has 4 aromatic rings. The third-order valence-corrected chi connectivity index (χ3v) is 7.37. The molecular weight excluding hydrogens is 458 g/mol. The summed E-state index contributed by atoms with van der Waals surface area (Å²) in [4.78, 5) is 14.9. The van der Waals surface area contributed by atoms with Crippen LogP contribution in [0.4, 0.5) is 0 Å². The summed E-state index contributed by atoms with van der Waals surface area (Å²) in [6.07, 6.45) is 2.79. The summed E-state index contributed by atoms with van der Waals surface area (Å²) in [5.41, 5.74) is 5.06. The Kier molecular flexibility index (Phi) is 6.77. The van der Waals surface area contributed by atoms with Crippen LogP contribution in [-0.4, -0.2) is 47.1 Å². The first-order chi connectivity index (χ1) is 17.2. The van der Waals surface area contributed by atoms with Crippen molar-refractivity contribution in [2.45, 2.75) is 11.8 Å². The highest BCUT2D eigenvalue weighted by Gasteiger charge is 2.35. The minimum absolute atomic E-state index is 0.102. The molecule has 2 heterocycles. The molecule has 1 aliphatic heterocycles. The maximum atomic E-state index is 13.0. The van der Waals surface area contributed by atoms with Crippen LogP contribution in [0.3, 0.4) is 0 Å². The van der Waals surface area contributed by atoms with Gasteiger partial charge in [-0.15, -0.1) is 11.8 Å². The second-order valence-electron chi connectivity index (χ2n) is 8.27. The van der Waals surface area contributed by atoms with E-state index >= 15 is 0 Å². The highest BCUT2D eigenvalue weighted by atomic mass is 32.2. The third kappa shape index (κ3) is 4.77. The van der Waals surface area contributed by atoms with E-state index in [0.29, 0.717) is 23.8 Å². The number of para-hydroxylation sites is 1. The number of rotatable bonds is 8. The Bertz CT molecular complexity index is 1310. The van der Waals surface area contributed by atoms with Gasteiger partial charge in [-0.1, -0.05) is 54.6 Å². The molecule has 0 radical (unpaired) electrons. The Morgan fingerprint density at radius 2 is 1.66 bits per heavy atom. The first-order valence-corrected chi connectivity index (χ1v) is 12.5. The van der Waals surface area contributed by atoms with E-state index in [0.717, 1.165) is 34.5 Å². The van der Waals surface area contributed by atoms with Gasteiger partial charge in [-0.05, 0) is 36.2 Å². The summed E-state index contributed by atoms with van der Waals surface area (Å²) in [6.45, 7) is 0.608. The van der Waals surface area contributed by atoms with Crippen LogP contribution in [0.5, 0.6) is 11.5 Å². The van der Waals surface area contributed by atoms with Crippen LogP contribution in [0.25, 0.3) is 16.9 Å². The first-order valence-electron chi connectivity index (χ1n) is 11.5. The molecule has 0 N–H and O–H groups in total. The van der Waals surface area contributed by atoms with E-state index in [4.69, 9.17) is 14.6 Å². The van der Waals surface area contributed by atoms with Crippen molar-refractivity contribution in [3.63, 3.8) is 0 Å². The fourth-order valence-electron chi connectivity index (χ4n) is 4.34. The van der Waals surface area contributed by atoms with Gasteiger partial charge >= 0.3 is 0 Å². The maximum absolute atomic E-state index is 13.0. The third-order valence-electron chi connectivity index (χ3n) is 6.13. The van der Waals surface area contributed by atoms with Gasteiger partial charge in [-0.25, -0.2) is 4.68 Å². The van der Waals surface area contributed by atoms with Crippen molar-refractivity contribution >= 4 is 17.7 Å². The molecule has 0 saturated carbocycles. The van der Waals surface area contributed by atoms with Crippen LogP contribution in [0.1, 0.15) is 16.5 Å². The normalized spacial score (nSPS) is 15.4. The number of ether oxygens (including phenoxy) is 2. The van der Waals surface area contributed by atoms with Gasteiger partial charge in [0.1, 0.15) is 5.37 Å². The lowest BCUT2D eigenvalue weighted by Gasteiger charge is -2.24. The zero-order valence-electron chi connectivity index (χ0n) is 19.8. The number of carbonyl (C=O) groups is 1. The van der Waals surface area contributed by atoms with E-state index in [1.54, 1.807) is 26.0 Å². The first kappa shape index (κ1) is 23.1.